The number of hydrogen-bond donors (Lipinski definition) is 0. The summed E-state index contributed by atoms with van der Waals surface area (Å²) in [6, 6.07) is 0. The summed E-state index contributed by atoms with van der Waals surface area (Å²) in [5.41, 5.74) is 0. The van der Waals surface area contributed by atoms with Crippen LogP contribution in [0, 0.1) is 0 Å². The molecule has 0 bridgehead atoms. The highest BCUT2D eigenvalue weighted by Gasteiger charge is 2.19. The second-order valence-electron chi connectivity index (χ2n) is 17.9. The monoisotopic (exact) mass is 989 g/mol. The summed E-state index contributed by atoms with van der Waals surface area (Å²) in [4.78, 5) is 38.1. The molecule has 0 amide bonds. The van der Waals surface area contributed by atoms with Gasteiger partial charge in [0.2, 0.25) is 0 Å². The number of carbonyl (C=O) groups is 3. The SMILES string of the molecule is CC\C=C/C=C\C=C/C=C\C=C\C=C/CCCCCC(=O)OCC(COC(=O)CC/C=C\C/C=C\C/C=C\C/C=C\C/C=C\C/C=C\CC)OC(=O)CCCCCCC/C=C\C=C/CCCCCCCCC. The largest absolute Gasteiger partial charge is 0.462 e. The maximum atomic E-state index is 12.9. The predicted molar refractivity (Wildman–Crippen MR) is 311 cm³/mol. The number of rotatable bonds is 48. The van der Waals surface area contributed by atoms with Gasteiger partial charge in [-0.15, -0.1) is 0 Å². The highest BCUT2D eigenvalue weighted by molar-refractivity contribution is 5.71. The van der Waals surface area contributed by atoms with Gasteiger partial charge < -0.3 is 14.2 Å². The molecular weight excluding hydrogens is 889 g/mol. The van der Waals surface area contributed by atoms with Crippen molar-refractivity contribution >= 4 is 17.9 Å². The Morgan fingerprint density at radius 2 is 0.639 bits per heavy atom. The maximum Gasteiger partial charge on any atom is 0.306 e. The number of carbonyl (C=O) groups excluding carboxylic acids is 3. The van der Waals surface area contributed by atoms with Crippen LogP contribution in [-0.4, -0.2) is 37.2 Å². The predicted octanol–water partition coefficient (Wildman–Crippen LogP) is 19.1. The molecule has 0 radical (unpaired) electrons. The quantitative estimate of drug-likeness (QED) is 0.0199. The van der Waals surface area contributed by atoms with Crippen LogP contribution in [-0.2, 0) is 28.6 Å². The zero-order valence-corrected chi connectivity index (χ0v) is 45.6. The Labute approximate surface area is 441 Å². The van der Waals surface area contributed by atoms with Gasteiger partial charge in [0.25, 0.3) is 0 Å². The average Bonchev–Trinajstić information content (AvgIpc) is 3.38. The van der Waals surface area contributed by atoms with Gasteiger partial charge in [0.15, 0.2) is 6.10 Å². The van der Waals surface area contributed by atoms with Crippen LogP contribution in [0.5, 0.6) is 0 Å². The van der Waals surface area contributed by atoms with Crippen LogP contribution in [0.15, 0.2) is 170 Å². The number of unbranched alkanes of at least 4 members (excludes halogenated alkanes) is 15. The van der Waals surface area contributed by atoms with Crippen LogP contribution >= 0.6 is 0 Å². The summed E-state index contributed by atoms with van der Waals surface area (Å²) >= 11 is 0. The third-order valence-corrected chi connectivity index (χ3v) is 11.1. The maximum absolute atomic E-state index is 12.9. The molecule has 0 aliphatic rings. The first-order valence-electron chi connectivity index (χ1n) is 28.2. The van der Waals surface area contributed by atoms with Gasteiger partial charge in [-0.05, 0) is 103 Å². The fourth-order valence-electron chi connectivity index (χ4n) is 6.96. The zero-order valence-electron chi connectivity index (χ0n) is 45.6. The topological polar surface area (TPSA) is 78.9 Å². The van der Waals surface area contributed by atoms with Crippen LogP contribution in [0.25, 0.3) is 0 Å². The number of esters is 3. The molecule has 0 aromatic heterocycles. The third kappa shape index (κ3) is 55.7. The molecule has 0 saturated heterocycles. The number of hydrogen-bond acceptors (Lipinski definition) is 6. The standard InChI is InChI=1S/C66H100O6/c1-4-7-10-13-16-19-22-25-28-31-33-36-38-41-44-47-50-53-56-59-65(68)71-62-63(61-70-64(67)58-55-52-49-46-43-40-37-34-30-27-24-21-18-15-12-9-6-3)72-66(69)60-57-54-51-48-45-42-39-35-32-29-26-23-20-17-14-11-8-5-2/h7,9-10,12,15-16,18-19,21,24-25,27-30,32-37,39-41,43-44,50,53,63H,4-6,8,11,13-14,17,20,22-23,26,31,38,42,45-49,51-52,54-62H2,1-3H3/b10-7-,12-9-,18-15-,19-16-,24-21-,28-25-,30-27-,32-29-,36-33-,37-34+,39-35-,43-40-,44-41-,53-50-. The van der Waals surface area contributed by atoms with E-state index in [4.69, 9.17) is 14.2 Å². The first-order chi connectivity index (χ1) is 35.5. The Kier molecular flexibility index (Phi) is 54.1. The van der Waals surface area contributed by atoms with Crippen LogP contribution in [0.3, 0.4) is 0 Å². The van der Waals surface area contributed by atoms with Gasteiger partial charge >= 0.3 is 17.9 Å². The van der Waals surface area contributed by atoms with E-state index in [0.29, 0.717) is 12.8 Å². The van der Waals surface area contributed by atoms with E-state index >= 15 is 0 Å². The van der Waals surface area contributed by atoms with Crippen molar-refractivity contribution in [1.29, 1.82) is 0 Å². The van der Waals surface area contributed by atoms with E-state index in [1.807, 2.05) is 72.9 Å². The Bertz CT molecular complexity index is 1700. The van der Waals surface area contributed by atoms with Crippen LogP contribution in [0.1, 0.15) is 207 Å². The van der Waals surface area contributed by atoms with E-state index in [1.165, 1.54) is 44.9 Å². The van der Waals surface area contributed by atoms with E-state index in [2.05, 4.69) is 118 Å². The first-order valence-corrected chi connectivity index (χ1v) is 28.2. The van der Waals surface area contributed by atoms with Crippen molar-refractivity contribution in [2.45, 2.75) is 213 Å². The lowest BCUT2D eigenvalue weighted by atomic mass is 10.1. The molecule has 0 aliphatic heterocycles. The van der Waals surface area contributed by atoms with Crippen LogP contribution < -0.4 is 0 Å². The molecule has 0 aromatic carbocycles. The molecular formula is C66H100O6. The normalized spacial score (nSPS) is 13.4. The Balaban J connectivity index is 4.66. The van der Waals surface area contributed by atoms with E-state index < -0.39 is 6.10 Å². The van der Waals surface area contributed by atoms with Crippen molar-refractivity contribution in [1.82, 2.24) is 0 Å². The Hall–Kier alpha value is -5.23. The first kappa shape index (κ1) is 66.8. The van der Waals surface area contributed by atoms with Gasteiger partial charge in [0.1, 0.15) is 13.2 Å². The van der Waals surface area contributed by atoms with Crippen molar-refractivity contribution in [3.05, 3.63) is 170 Å². The summed E-state index contributed by atoms with van der Waals surface area (Å²) in [6.07, 6.45) is 86.3. The summed E-state index contributed by atoms with van der Waals surface area (Å²) in [7, 11) is 0. The second kappa shape index (κ2) is 58.3. The molecule has 1 atom stereocenters. The fourth-order valence-corrected chi connectivity index (χ4v) is 6.96. The minimum absolute atomic E-state index is 0.140. The zero-order chi connectivity index (χ0) is 52.2. The highest BCUT2D eigenvalue weighted by Crippen LogP contribution is 2.12. The third-order valence-electron chi connectivity index (χ3n) is 11.1. The summed E-state index contributed by atoms with van der Waals surface area (Å²) in [5.74, 6) is -1.09. The lowest BCUT2D eigenvalue weighted by Crippen LogP contribution is -2.30. The lowest BCUT2D eigenvalue weighted by molar-refractivity contribution is -0.166. The van der Waals surface area contributed by atoms with Crippen molar-refractivity contribution in [3.63, 3.8) is 0 Å². The van der Waals surface area contributed by atoms with E-state index in [-0.39, 0.29) is 50.4 Å². The summed E-state index contributed by atoms with van der Waals surface area (Å²) in [6.45, 7) is 6.24. The minimum Gasteiger partial charge on any atom is -0.462 e. The molecule has 0 heterocycles. The molecule has 0 rings (SSSR count). The smallest absolute Gasteiger partial charge is 0.306 e. The average molecular weight is 990 g/mol. The van der Waals surface area contributed by atoms with E-state index in [1.54, 1.807) is 0 Å². The molecule has 400 valence electrons. The minimum atomic E-state index is -0.846. The molecule has 6 nitrogen and oxygen atoms in total. The van der Waals surface area contributed by atoms with Gasteiger partial charge in [0.05, 0.1) is 0 Å². The Morgan fingerprint density at radius 1 is 0.306 bits per heavy atom. The van der Waals surface area contributed by atoms with E-state index in [0.717, 1.165) is 109 Å². The van der Waals surface area contributed by atoms with Gasteiger partial charge in [-0.3, -0.25) is 14.4 Å². The molecule has 0 N–H and O–H groups in total. The van der Waals surface area contributed by atoms with Gasteiger partial charge in [-0.25, -0.2) is 0 Å². The Morgan fingerprint density at radius 3 is 1.10 bits per heavy atom. The van der Waals surface area contributed by atoms with Gasteiger partial charge in [-0.2, -0.15) is 0 Å². The number of allylic oxidation sites excluding steroid dienone is 28. The molecule has 72 heavy (non-hydrogen) atoms. The van der Waals surface area contributed by atoms with Crippen LogP contribution in [0.4, 0.5) is 0 Å². The van der Waals surface area contributed by atoms with Crippen LogP contribution in [0.2, 0.25) is 0 Å². The van der Waals surface area contributed by atoms with Gasteiger partial charge in [0, 0.05) is 19.3 Å². The molecule has 0 spiro atoms. The van der Waals surface area contributed by atoms with Crippen molar-refractivity contribution in [2.75, 3.05) is 13.2 Å². The lowest BCUT2D eigenvalue weighted by Gasteiger charge is -2.18. The van der Waals surface area contributed by atoms with Crippen molar-refractivity contribution in [3.8, 4) is 0 Å². The highest BCUT2D eigenvalue weighted by atomic mass is 16.6. The molecule has 0 fully saturated rings. The summed E-state index contributed by atoms with van der Waals surface area (Å²) < 4.78 is 16.7. The fraction of sp³-hybridized carbons (Fsp3) is 0.530. The van der Waals surface area contributed by atoms with Crippen molar-refractivity contribution in [2.24, 2.45) is 0 Å². The second-order valence-corrected chi connectivity index (χ2v) is 17.9. The van der Waals surface area contributed by atoms with E-state index in [9.17, 15) is 14.4 Å². The molecule has 0 saturated carbocycles. The molecule has 0 aliphatic carbocycles. The molecule has 6 heteroatoms. The molecule has 1 unspecified atom stereocenters. The number of ether oxygens (including phenoxy) is 3. The molecule has 0 aromatic rings. The summed E-state index contributed by atoms with van der Waals surface area (Å²) in [5, 5.41) is 0. The van der Waals surface area contributed by atoms with Gasteiger partial charge in [-0.1, -0.05) is 255 Å². The van der Waals surface area contributed by atoms with Crippen molar-refractivity contribution < 1.29 is 28.6 Å².